The summed E-state index contributed by atoms with van der Waals surface area (Å²) in [5.74, 6) is 0.425. The molecule has 2 heterocycles. The summed E-state index contributed by atoms with van der Waals surface area (Å²) < 4.78 is 25.8. The van der Waals surface area contributed by atoms with Crippen LogP contribution in [0.3, 0.4) is 0 Å². The number of benzene rings is 1. The number of halogens is 1. The van der Waals surface area contributed by atoms with Gasteiger partial charge in [-0.15, -0.1) is 0 Å². The highest BCUT2D eigenvalue weighted by molar-refractivity contribution is 5.79. The van der Waals surface area contributed by atoms with Gasteiger partial charge in [-0.05, 0) is 43.2 Å². The number of piperidine rings is 1. The number of ether oxygens (including phenoxy) is 2. The lowest BCUT2D eigenvalue weighted by Gasteiger charge is -2.43. The minimum Gasteiger partial charge on any atom is -0.380 e. The Morgan fingerprint density at radius 1 is 1.32 bits per heavy atom. The predicted octanol–water partition coefficient (Wildman–Crippen LogP) is 2.80. The molecule has 0 radical (unpaired) electrons. The molecule has 0 N–H and O–H groups in total. The Labute approximate surface area is 148 Å². The van der Waals surface area contributed by atoms with Crippen LogP contribution in [0.4, 0.5) is 4.39 Å². The average Bonchev–Trinajstić information content (AvgIpc) is 3.33. The fourth-order valence-electron chi connectivity index (χ4n) is 4.10. The highest BCUT2D eigenvalue weighted by Gasteiger charge is 2.49. The number of likely N-dealkylation sites (tertiary alicyclic amines) is 1. The monoisotopic (exact) mass is 347 g/mol. The molecule has 136 valence electrons. The SMILES string of the molecule is O=C(Cc1ccccc1F)N1CC[C@H]2OCC[C@@]2(COCC2CC2)C1. The second kappa shape index (κ2) is 7.04. The van der Waals surface area contributed by atoms with Gasteiger partial charge in [0.2, 0.25) is 5.91 Å². The van der Waals surface area contributed by atoms with Crippen molar-refractivity contribution in [3.8, 4) is 0 Å². The minimum atomic E-state index is -0.308. The molecule has 0 spiro atoms. The van der Waals surface area contributed by atoms with E-state index >= 15 is 0 Å². The lowest BCUT2D eigenvalue weighted by molar-refractivity contribution is -0.139. The summed E-state index contributed by atoms with van der Waals surface area (Å²) in [6.45, 7) is 3.58. The zero-order valence-corrected chi connectivity index (χ0v) is 14.6. The van der Waals surface area contributed by atoms with Gasteiger partial charge in [0.15, 0.2) is 0 Å². The van der Waals surface area contributed by atoms with Crippen LogP contribution >= 0.6 is 0 Å². The maximum absolute atomic E-state index is 13.8. The second-order valence-electron chi connectivity index (χ2n) is 7.80. The van der Waals surface area contributed by atoms with E-state index in [1.165, 1.54) is 18.9 Å². The first kappa shape index (κ1) is 17.0. The molecule has 1 amide bonds. The van der Waals surface area contributed by atoms with Crippen LogP contribution in [0.25, 0.3) is 0 Å². The van der Waals surface area contributed by atoms with Crippen molar-refractivity contribution in [1.29, 1.82) is 0 Å². The van der Waals surface area contributed by atoms with Crippen molar-refractivity contribution in [3.63, 3.8) is 0 Å². The summed E-state index contributed by atoms with van der Waals surface area (Å²) in [5, 5.41) is 0. The number of hydrogen-bond acceptors (Lipinski definition) is 3. The van der Waals surface area contributed by atoms with Crippen LogP contribution < -0.4 is 0 Å². The van der Waals surface area contributed by atoms with E-state index in [1.807, 2.05) is 4.90 Å². The van der Waals surface area contributed by atoms with E-state index in [9.17, 15) is 9.18 Å². The first-order chi connectivity index (χ1) is 12.2. The number of rotatable bonds is 6. The molecule has 2 atom stereocenters. The molecule has 0 unspecified atom stereocenters. The average molecular weight is 347 g/mol. The highest BCUT2D eigenvalue weighted by Crippen LogP contribution is 2.42. The van der Waals surface area contributed by atoms with Gasteiger partial charge in [-0.2, -0.15) is 0 Å². The molecule has 5 heteroatoms. The standard InChI is InChI=1S/C20H26FNO3/c21-17-4-2-1-3-16(17)11-19(23)22-9-7-18-20(13-22,8-10-25-18)14-24-12-15-5-6-15/h1-4,15,18H,5-14H2/t18-,20+/m1/s1. The molecule has 3 aliphatic rings. The fraction of sp³-hybridized carbons (Fsp3) is 0.650. The van der Waals surface area contributed by atoms with Gasteiger partial charge in [-0.1, -0.05) is 18.2 Å². The van der Waals surface area contributed by atoms with Gasteiger partial charge >= 0.3 is 0 Å². The molecule has 3 fully saturated rings. The van der Waals surface area contributed by atoms with E-state index in [-0.39, 0.29) is 29.7 Å². The maximum Gasteiger partial charge on any atom is 0.227 e. The highest BCUT2D eigenvalue weighted by atomic mass is 19.1. The first-order valence-electron chi connectivity index (χ1n) is 9.37. The number of nitrogens with zero attached hydrogens (tertiary/aromatic N) is 1. The molecular weight excluding hydrogens is 321 g/mol. The van der Waals surface area contributed by atoms with Crippen LogP contribution in [0.15, 0.2) is 24.3 Å². The van der Waals surface area contributed by atoms with Gasteiger partial charge < -0.3 is 14.4 Å². The van der Waals surface area contributed by atoms with Crippen LogP contribution in [0.5, 0.6) is 0 Å². The van der Waals surface area contributed by atoms with E-state index in [0.717, 1.165) is 32.0 Å². The van der Waals surface area contributed by atoms with Crippen molar-refractivity contribution in [3.05, 3.63) is 35.6 Å². The van der Waals surface area contributed by atoms with Crippen molar-refractivity contribution in [2.24, 2.45) is 11.3 Å². The van der Waals surface area contributed by atoms with Gasteiger partial charge in [0.1, 0.15) is 5.82 Å². The van der Waals surface area contributed by atoms with Gasteiger partial charge in [-0.3, -0.25) is 4.79 Å². The molecule has 2 saturated heterocycles. The minimum absolute atomic E-state index is 0.00276. The normalized spacial score (nSPS) is 28.8. The Balaban J connectivity index is 1.40. The number of carbonyl (C=O) groups is 1. The fourth-order valence-corrected chi connectivity index (χ4v) is 4.10. The van der Waals surface area contributed by atoms with Gasteiger partial charge in [-0.25, -0.2) is 4.39 Å². The zero-order valence-electron chi connectivity index (χ0n) is 14.6. The molecule has 1 aromatic carbocycles. The predicted molar refractivity (Wildman–Crippen MR) is 91.6 cm³/mol. The number of fused-ring (bicyclic) bond motifs is 1. The summed E-state index contributed by atoms with van der Waals surface area (Å²) >= 11 is 0. The van der Waals surface area contributed by atoms with E-state index in [0.29, 0.717) is 25.3 Å². The second-order valence-corrected chi connectivity index (χ2v) is 7.80. The molecule has 0 aromatic heterocycles. The summed E-state index contributed by atoms with van der Waals surface area (Å²) in [6.07, 6.45) is 4.64. The largest absolute Gasteiger partial charge is 0.380 e. The Morgan fingerprint density at radius 3 is 2.96 bits per heavy atom. The van der Waals surface area contributed by atoms with Crippen molar-refractivity contribution in [1.82, 2.24) is 4.90 Å². The Bertz CT molecular complexity index is 633. The summed E-state index contributed by atoms with van der Waals surface area (Å²) in [5.41, 5.74) is 0.384. The Morgan fingerprint density at radius 2 is 2.16 bits per heavy atom. The van der Waals surface area contributed by atoms with E-state index in [4.69, 9.17) is 9.47 Å². The van der Waals surface area contributed by atoms with E-state index in [1.54, 1.807) is 18.2 Å². The molecule has 25 heavy (non-hydrogen) atoms. The molecule has 1 aromatic rings. The van der Waals surface area contributed by atoms with Gasteiger partial charge in [0.25, 0.3) is 0 Å². The van der Waals surface area contributed by atoms with Crippen LogP contribution in [0.1, 0.15) is 31.2 Å². The quantitative estimate of drug-likeness (QED) is 0.794. The summed E-state index contributed by atoms with van der Waals surface area (Å²) in [4.78, 5) is 14.6. The number of carbonyl (C=O) groups excluding carboxylic acids is 1. The van der Waals surface area contributed by atoms with Crippen LogP contribution in [0.2, 0.25) is 0 Å². The van der Waals surface area contributed by atoms with E-state index < -0.39 is 0 Å². The number of amides is 1. The maximum atomic E-state index is 13.8. The molecule has 1 saturated carbocycles. The Kier molecular flexibility index (Phi) is 4.78. The molecule has 4 rings (SSSR count). The van der Waals surface area contributed by atoms with Crippen molar-refractivity contribution >= 4 is 5.91 Å². The molecule has 4 nitrogen and oxygen atoms in total. The van der Waals surface area contributed by atoms with Gasteiger partial charge in [0.05, 0.1) is 19.1 Å². The van der Waals surface area contributed by atoms with Crippen LogP contribution in [0, 0.1) is 17.2 Å². The topological polar surface area (TPSA) is 38.8 Å². The Hall–Kier alpha value is -1.46. The van der Waals surface area contributed by atoms with Crippen LogP contribution in [-0.4, -0.2) is 49.8 Å². The van der Waals surface area contributed by atoms with Crippen molar-refractivity contribution in [2.75, 3.05) is 32.9 Å². The summed E-state index contributed by atoms with van der Waals surface area (Å²) in [7, 11) is 0. The third-order valence-corrected chi connectivity index (χ3v) is 5.86. The lowest BCUT2D eigenvalue weighted by Crippen LogP contribution is -2.54. The molecular formula is C20H26FNO3. The smallest absolute Gasteiger partial charge is 0.227 e. The molecule has 2 aliphatic heterocycles. The van der Waals surface area contributed by atoms with Crippen LogP contribution in [-0.2, 0) is 20.7 Å². The third kappa shape index (κ3) is 3.72. The zero-order chi connectivity index (χ0) is 17.3. The summed E-state index contributed by atoms with van der Waals surface area (Å²) in [6, 6.07) is 6.52. The molecule has 0 bridgehead atoms. The van der Waals surface area contributed by atoms with Crippen molar-refractivity contribution < 1.29 is 18.7 Å². The first-order valence-corrected chi connectivity index (χ1v) is 9.37. The van der Waals surface area contributed by atoms with Crippen molar-refractivity contribution in [2.45, 2.75) is 38.2 Å². The lowest BCUT2D eigenvalue weighted by atomic mass is 9.77. The molecule has 1 aliphatic carbocycles. The van der Waals surface area contributed by atoms with E-state index in [2.05, 4.69) is 0 Å². The third-order valence-electron chi connectivity index (χ3n) is 5.86. The van der Waals surface area contributed by atoms with Gasteiger partial charge in [0, 0.05) is 31.7 Å². The number of hydrogen-bond donors (Lipinski definition) is 0.